The van der Waals surface area contributed by atoms with Gasteiger partial charge in [0.1, 0.15) is 0 Å². The highest BCUT2D eigenvalue weighted by molar-refractivity contribution is 7.99. The predicted octanol–water partition coefficient (Wildman–Crippen LogP) is 1.46. The molecule has 4 nitrogen and oxygen atoms in total. The topological polar surface area (TPSA) is 57.6 Å². The van der Waals surface area contributed by atoms with Crippen LogP contribution in [0.25, 0.3) is 0 Å². The number of benzene rings is 1. The number of carbonyl (C=O) groups is 2. The first-order chi connectivity index (χ1) is 8.66. The largest absolute Gasteiger partial charge is 0.481 e. The van der Waals surface area contributed by atoms with E-state index in [2.05, 4.69) is 0 Å². The Morgan fingerprint density at radius 3 is 2.56 bits per heavy atom. The molecule has 0 atom stereocenters. The minimum atomic E-state index is -0.809. The summed E-state index contributed by atoms with van der Waals surface area (Å²) >= 11 is 1.56. The lowest BCUT2D eigenvalue weighted by Crippen LogP contribution is -2.53. The fourth-order valence-electron chi connectivity index (χ4n) is 1.76. The zero-order valence-electron chi connectivity index (χ0n) is 9.91. The normalized spacial score (nSPS) is 15.2. The third-order valence-corrected chi connectivity index (χ3v) is 3.91. The first-order valence-electron chi connectivity index (χ1n) is 5.79. The van der Waals surface area contributed by atoms with Gasteiger partial charge in [0.25, 0.3) is 0 Å². The smallest absolute Gasteiger partial charge is 0.310 e. The number of likely N-dealkylation sites (tertiary alicyclic amines) is 1. The van der Waals surface area contributed by atoms with E-state index in [-0.39, 0.29) is 11.8 Å². The second-order valence-corrected chi connectivity index (χ2v) is 5.30. The molecule has 1 fully saturated rings. The van der Waals surface area contributed by atoms with E-state index >= 15 is 0 Å². The van der Waals surface area contributed by atoms with E-state index in [0.717, 1.165) is 5.75 Å². The van der Waals surface area contributed by atoms with Crippen molar-refractivity contribution in [1.29, 1.82) is 0 Å². The van der Waals surface area contributed by atoms with Gasteiger partial charge in [-0.1, -0.05) is 30.3 Å². The number of rotatable bonds is 5. The van der Waals surface area contributed by atoms with Crippen LogP contribution in [-0.4, -0.2) is 40.7 Å². The van der Waals surface area contributed by atoms with Crippen molar-refractivity contribution in [3.8, 4) is 0 Å². The van der Waals surface area contributed by atoms with Crippen molar-refractivity contribution in [2.45, 2.75) is 5.75 Å². The Morgan fingerprint density at radius 1 is 1.28 bits per heavy atom. The number of carboxylic acids is 1. The van der Waals surface area contributed by atoms with Crippen LogP contribution in [0.5, 0.6) is 0 Å². The summed E-state index contributed by atoms with van der Waals surface area (Å²) in [6.07, 6.45) is 0. The fraction of sp³-hybridized carbons (Fsp3) is 0.385. The Balaban J connectivity index is 1.66. The summed E-state index contributed by atoms with van der Waals surface area (Å²) in [6, 6.07) is 9.98. The maximum Gasteiger partial charge on any atom is 0.310 e. The standard InChI is InChI=1S/C13H15NO3S/c15-12(14-6-11(7-14)13(16)17)9-18-8-10-4-2-1-3-5-10/h1-5,11H,6-9H2,(H,16,17). The molecule has 0 bridgehead atoms. The van der Waals surface area contributed by atoms with E-state index in [1.807, 2.05) is 30.3 Å². The van der Waals surface area contributed by atoms with Crippen LogP contribution in [0.15, 0.2) is 30.3 Å². The maximum absolute atomic E-state index is 11.7. The predicted molar refractivity (Wildman–Crippen MR) is 70.3 cm³/mol. The highest BCUT2D eigenvalue weighted by Gasteiger charge is 2.35. The van der Waals surface area contributed by atoms with Crippen molar-refractivity contribution in [2.75, 3.05) is 18.8 Å². The molecule has 0 aliphatic carbocycles. The molecule has 1 aliphatic rings. The minimum absolute atomic E-state index is 0.0356. The van der Waals surface area contributed by atoms with E-state index < -0.39 is 5.97 Å². The molecule has 1 aromatic rings. The van der Waals surface area contributed by atoms with E-state index in [9.17, 15) is 9.59 Å². The summed E-state index contributed by atoms with van der Waals surface area (Å²) in [4.78, 5) is 23.9. The van der Waals surface area contributed by atoms with Crippen LogP contribution >= 0.6 is 11.8 Å². The van der Waals surface area contributed by atoms with Gasteiger partial charge in [0.05, 0.1) is 11.7 Å². The zero-order valence-corrected chi connectivity index (χ0v) is 10.7. The summed E-state index contributed by atoms with van der Waals surface area (Å²) in [5, 5.41) is 8.71. The number of aliphatic carboxylic acids is 1. The van der Waals surface area contributed by atoms with Crippen LogP contribution in [0.3, 0.4) is 0 Å². The molecule has 1 heterocycles. The highest BCUT2D eigenvalue weighted by Crippen LogP contribution is 2.18. The van der Waals surface area contributed by atoms with Gasteiger partial charge in [-0.2, -0.15) is 0 Å². The number of nitrogens with zero attached hydrogens (tertiary/aromatic N) is 1. The quantitative estimate of drug-likeness (QED) is 0.875. The molecule has 1 aliphatic heterocycles. The van der Waals surface area contributed by atoms with Gasteiger partial charge < -0.3 is 10.0 Å². The second-order valence-electron chi connectivity index (χ2n) is 4.31. The van der Waals surface area contributed by atoms with Crippen molar-refractivity contribution in [1.82, 2.24) is 4.90 Å². The molecule has 18 heavy (non-hydrogen) atoms. The molecular weight excluding hydrogens is 250 g/mol. The molecule has 0 unspecified atom stereocenters. The molecule has 0 radical (unpaired) electrons. The van der Waals surface area contributed by atoms with Gasteiger partial charge in [0.2, 0.25) is 5.91 Å². The second kappa shape index (κ2) is 5.91. The molecule has 1 saturated heterocycles. The van der Waals surface area contributed by atoms with E-state index in [1.165, 1.54) is 5.56 Å². The molecular formula is C13H15NO3S. The molecule has 2 rings (SSSR count). The Kier molecular flexibility index (Phi) is 4.25. The minimum Gasteiger partial charge on any atom is -0.481 e. The first kappa shape index (κ1) is 13.0. The van der Waals surface area contributed by atoms with Crippen LogP contribution in [0.2, 0.25) is 0 Å². The SMILES string of the molecule is O=C(O)C1CN(C(=O)CSCc2ccccc2)C1. The highest BCUT2D eigenvalue weighted by atomic mass is 32.2. The molecule has 96 valence electrons. The first-order valence-corrected chi connectivity index (χ1v) is 6.94. The van der Waals surface area contributed by atoms with Gasteiger partial charge in [-0.3, -0.25) is 9.59 Å². The maximum atomic E-state index is 11.7. The number of hydrogen-bond acceptors (Lipinski definition) is 3. The van der Waals surface area contributed by atoms with Crippen LogP contribution in [0.1, 0.15) is 5.56 Å². The lowest BCUT2D eigenvalue weighted by Gasteiger charge is -2.36. The Labute approximate surface area is 110 Å². The summed E-state index contributed by atoms with van der Waals surface area (Å²) in [7, 11) is 0. The molecule has 1 amide bonds. The summed E-state index contributed by atoms with van der Waals surface area (Å²) < 4.78 is 0. The van der Waals surface area contributed by atoms with Crippen molar-refractivity contribution < 1.29 is 14.7 Å². The number of amides is 1. The molecule has 1 aromatic carbocycles. The van der Waals surface area contributed by atoms with Gasteiger partial charge in [-0.15, -0.1) is 11.8 Å². The van der Waals surface area contributed by atoms with E-state index in [0.29, 0.717) is 18.8 Å². The van der Waals surface area contributed by atoms with Gasteiger partial charge in [-0.05, 0) is 5.56 Å². The van der Waals surface area contributed by atoms with Gasteiger partial charge in [0.15, 0.2) is 0 Å². The van der Waals surface area contributed by atoms with E-state index in [1.54, 1.807) is 16.7 Å². The third-order valence-electron chi connectivity index (χ3n) is 2.92. The van der Waals surface area contributed by atoms with Crippen LogP contribution in [-0.2, 0) is 15.3 Å². The molecule has 1 N–H and O–H groups in total. The van der Waals surface area contributed by atoms with Gasteiger partial charge >= 0.3 is 5.97 Å². The lowest BCUT2D eigenvalue weighted by molar-refractivity contribution is -0.151. The van der Waals surface area contributed by atoms with Gasteiger partial charge in [-0.25, -0.2) is 0 Å². The summed E-state index contributed by atoms with van der Waals surface area (Å²) in [5.74, 6) is 0.0850. The molecule has 0 saturated carbocycles. The Hall–Kier alpha value is -1.49. The van der Waals surface area contributed by atoms with Gasteiger partial charge in [0, 0.05) is 18.8 Å². The van der Waals surface area contributed by atoms with Crippen molar-refractivity contribution >= 4 is 23.6 Å². The number of thioether (sulfide) groups is 1. The van der Waals surface area contributed by atoms with Crippen molar-refractivity contribution in [3.63, 3.8) is 0 Å². The van der Waals surface area contributed by atoms with Crippen LogP contribution in [0.4, 0.5) is 0 Å². The number of carbonyl (C=O) groups excluding carboxylic acids is 1. The third kappa shape index (κ3) is 3.26. The number of hydrogen-bond donors (Lipinski definition) is 1. The molecule has 0 aromatic heterocycles. The Bertz CT molecular complexity index is 429. The van der Waals surface area contributed by atoms with Crippen molar-refractivity contribution in [2.24, 2.45) is 5.92 Å². The van der Waals surface area contributed by atoms with Crippen molar-refractivity contribution in [3.05, 3.63) is 35.9 Å². The lowest BCUT2D eigenvalue weighted by atomic mass is 10.0. The van der Waals surface area contributed by atoms with Crippen LogP contribution in [0, 0.1) is 5.92 Å². The average molecular weight is 265 g/mol. The Morgan fingerprint density at radius 2 is 1.94 bits per heavy atom. The zero-order chi connectivity index (χ0) is 13.0. The average Bonchev–Trinajstić information content (AvgIpc) is 2.28. The summed E-state index contributed by atoms with van der Waals surface area (Å²) in [6.45, 7) is 0.722. The number of carboxylic acid groups (broad SMARTS) is 1. The van der Waals surface area contributed by atoms with E-state index in [4.69, 9.17) is 5.11 Å². The molecule has 0 spiro atoms. The summed E-state index contributed by atoms with van der Waals surface area (Å²) in [5.41, 5.74) is 1.20. The molecule has 5 heteroatoms. The fourth-order valence-corrected chi connectivity index (χ4v) is 2.65. The van der Waals surface area contributed by atoms with Crippen LogP contribution < -0.4 is 0 Å². The monoisotopic (exact) mass is 265 g/mol.